The molecular formula is C16H29N5O8S. The number of rotatable bonds is 14. The molecule has 0 aromatic rings. The van der Waals surface area contributed by atoms with Gasteiger partial charge in [0.25, 0.3) is 0 Å². The van der Waals surface area contributed by atoms with Gasteiger partial charge in [-0.2, -0.15) is 11.8 Å². The Labute approximate surface area is 177 Å². The summed E-state index contributed by atoms with van der Waals surface area (Å²) in [6.07, 6.45) is 0.00121. The molecule has 0 radical (unpaired) electrons. The van der Waals surface area contributed by atoms with E-state index in [4.69, 9.17) is 16.6 Å². The normalized spacial score (nSPS) is 15.8. The highest BCUT2D eigenvalue weighted by atomic mass is 32.2. The minimum Gasteiger partial charge on any atom is -0.480 e. The fourth-order valence-electron chi connectivity index (χ4n) is 2.13. The molecule has 10 N–H and O–H groups in total. The summed E-state index contributed by atoms with van der Waals surface area (Å²) in [6.45, 7) is 0.451. The number of aliphatic hydroxyl groups excluding tert-OH is 2. The van der Waals surface area contributed by atoms with E-state index in [0.717, 1.165) is 0 Å². The molecule has 0 heterocycles. The van der Waals surface area contributed by atoms with Crippen LogP contribution in [0, 0.1) is 0 Å². The molecule has 14 heteroatoms. The van der Waals surface area contributed by atoms with Crippen molar-refractivity contribution < 1.29 is 39.3 Å². The molecular weight excluding hydrogens is 422 g/mol. The molecule has 0 spiro atoms. The Bertz CT molecular complexity index is 633. The van der Waals surface area contributed by atoms with E-state index in [1.165, 1.54) is 18.7 Å². The van der Waals surface area contributed by atoms with Crippen molar-refractivity contribution in [1.82, 2.24) is 16.0 Å². The Balaban J connectivity index is 5.25. The zero-order chi connectivity index (χ0) is 23.4. The average Bonchev–Trinajstić information content (AvgIpc) is 2.66. The fourth-order valence-corrected chi connectivity index (χ4v) is 2.60. The number of nitrogens with one attached hydrogen (secondary N) is 3. The van der Waals surface area contributed by atoms with Crippen molar-refractivity contribution in [2.75, 3.05) is 18.6 Å². The molecule has 5 unspecified atom stereocenters. The Morgan fingerprint density at radius 1 is 0.967 bits per heavy atom. The first kappa shape index (κ1) is 27.6. The van der Waals surface area contributed by atoms with Crippen LogP contribution in [-0.4, -0.2) is 93.8 Å². The number of hydrogen-bond acceptors (Lipinski definition) is 9. The highest BCUT2D eigenvalue weighted by Crippen LogP contribution is 2.04. The van der Waals surface area contributed by atoms with Gasteiger partial charge in [-0.05, 0) is 25.4 Å². The summed E-state index contributed by atoms with van der Waals surface area (Å²) < 4.78 is 0. The van der Waals surface area contributed by atoms with Gasteiger partial charge in [-0.1, -0.05) is 0 Å². The minimum absolute atomic E-state index is 0.0981. The molecule has 0 fully saturated rings. The molecule has 0 saturated carbocycles. The van der Waals surface area contributed by atoms with E-state index in [2.05, 4.69) is 16.0 Å². The quantitative estimate of drug-likeness (QED) is 0.127. The molecule has 0 aliphatic rings. The van der Waals surface area contributed by atoms with Crippen molar-refractivity contribution in [3.63, 3.8) is 0 Å². The van der Waals surface area contributed by atoms with Gasteiger partial charge in [0.1, 0.15) is 24.2 Å². The molecule has 0 aromatic carbocycles. The predicted octanol–water partition coefficient (Wildman–Crippen LogP) is -4.15. The Hall–Kier alpha value is -2.42. The number of nitrogens with two attached hydrogens (primary N) is 2. The van der Waals surface area contributed by atoms with E-state index in [1.54, 1.807) is 6.26 Å². The third-order valence-electron chi connectivity index (χ3n) is 3.90. The number of amides is 4. The summed E-state index contributed by atoms with van der Waals surface area (Å²) in [7, 11) is 0. The summed E-state index contributed by atoms with van der Waals surface area (Å²) >= 11 is 1.36. The van der Waals surface area contributed by atoms with Gasteiger partial charge in [0.15, 0.2) is 0 Å². The summed E-state index contributed by atoms with van der Waals surface area (Å²) in [5, 5.41) is 34.4. The zero-order valence-electron chi connectivity index (χ0n) is 16.7. The van der Waals surface area contributed by atoms with Crippen LogP contribution in [0.3, 0.4) is 0 Å². The van der Waals surface area contributed by atoms with Crippen LogP contribution in [0.1, 0.15) is 19.8 Å². The molecule has 0 aliphatic carbocycles. The molecule has 0 saturated heterocycles. The predicted molar refractivity (Wildman–Crippen MR) is 107 cm³/mol. The topological polar surface area (TPSA) is 234 Å². The Kier molecular flexibility index (Phi) is 12.6. The lowest BCUT2D eigenvalue weighted by Crippen LogP contribution is -2.59. The Morgan fingerprint density at radius 2 is 1.47 bits per heavy atom. The zero-order valence-corrected chi connectivity index (χ0v) is 17.5. The second-order valence-electron chi connectivity index (χ2n) is 6.42. The molecule has 0 bridgehead atoms. The lowest BCUT2D eigenvalue weighted by molar-refractivity contribution is -0.143. The van der Waals surface area contributed by atoms with Crippen molar-refractivity contribution >= 4 is 41.4 Å². The molecule has 4 amide bonds. The number of carbonyl (C=O) groups is 5. The molecule has 0 rings (SSSR count). The summed E-state index contributed by atoms with van der Waals surface area (Å²) in [5.41, 5.74) is 10.4. The van der Waals surface area contributed by atoms with E-state index in [-0.39, 0.29) is 6.42 Å². The first-order chi connectivity index (χ1) is 13.9. The van der Waals surface area contributed by atoms with Crippen molar-refractivity contribution in [3.8, 4) is 0 Å². The first-order valence-electron chi connectivity index (χ1n) is 8.90. The van der Waals surface area contributed by atoms with Crippen LogP contribution >= 0.6 is 11.8 Å². The van der Waals surface area contributed by atoms with Crippen LogP contribution in [0.5, 0.6) is 0 Å². The number of aliphatic hydroxyl groups is 2. The SMILES string of the molecule is CSCCC(NC(=O)C(CO)NC(=O)C(N)C(C)O)C(=O)NC(CC(N)=O)C(=O)O. The van der Waals surface area contributed by atoms with Gasteiger partial charge in [0.05, 0.1) is 19.1 Å². The van der Waals surface area contributed by atoms with Crippen molar-refractivity contribution in [2.45, 2.75) is 50.0 Å². The minimum atomic E-state index is -1.58. The lowest BCUT2D eigenvalue weighted by Gasteiger charge is -2.24. The molecule has 0 aliphatic heterocycles. The lowest BCUT2D eigenvalue weighted by atomic mass is 10.1. The molecule has 0 aromatic heterocycles. The maximum atomic E-state index is 12.5. The van der Waals surface area contributed by atoms with Crippen molar-refractivity contribution in [2.24, 2.45) is 11.5 Å². The molecule has 172 valence electrons. The summed E-state index contributed by atoms with van der Waals surface area (Å²) in [5.74, 6) is -4.71. The number of carboxylic acid groups (broad SMARTS) is 1. The highest BCUT2D eigenvalue weighted by molar-refractivity contribution is 7.98. The second kappa shape index (κ2) is 13.7. The molecule has 13 nitrogen and oxygen atoms in total. The maximum Gasteiger partial charge on any atom is 0.326 e. The van der Waals surface area contributed by atoms with E-state index in [1.807, 2.05) is 0 Å². The number of aliphatic carboxylic acids is 1. The first-order valence-corrected chi connectivity index (χ1v) is 10.3. The number of thioether (sulfide) groups is 1. The number of carboxylic acids is 1. The Morgan fingerprint density at radius 3 is 1.90 bits per heavy atom. The van der Waals surface area contributed by atoms with Gasteiger partial charge in [0.2, 0.25) is 23.6 Å². The number of hydrogen-bond donors (Lipinski definition) is 8. The van der Waals surface area contributed by atoms with E-state index < -0.39 is 72.9 Å². The van der Waals surface area contributed by atoms with Gasteiger partial charge < -0.3 is 42.7 Å². The van der Waals surface area contributed by atoms with Gasteiger partial charge in [-0.15, -0.1) is 0 Å². The third-order valence-corrected chi connectivity index (χ3v) is 4.55. The van der Waals surface area contributed by atoms with Gasteiger partial charge >= 0.3 is 5.97 Å². The molecule has 30 heavy (non-hydrogen) atoms. The average molecular weight is 452 g/mol. The molecule has 5 atom stereocenters. The van der Waals surface area contributed by atoms with Crippen molar-refractivity contribution in [1.29, 1.82) is 0 Å². The van der Waals surface area contributed by atoms with E-state index in [9.17, 15) is 34.2 Å². The largest absolute Gasteiger partial charge is 0.480 e. The van der Waals surface area contributed by atoms with E-state index >= 15 is 0 Å². The summed E-state index contributed by atoms with van der Waals surface area (Å²) in [4.78, 5) is 58.9. The van der Waals surface area contributed by atoms with Gasteiger partial charge in [-0.25, -0.2) is 4.79 Å². The standard InChI is InChI=1S/C16H29N5O8S/c1-7(23)12(18)15(27)21-10(6-22)14(26)19-8(3-4-30-2)13(25)20-9(16(28)29)5-11(17)24/h7-10,12,22-23H,3-6,18H2,1-2H3,(H2,17,24)(H,19,26)(H,20,25)(H,21,27)(H,28,29). The van der Waals surface area contributed by atoms with Crippen LogP contribution < -0.4 is 27.4 Å². The van der Waals surface area contributed by atoms with Crippen LogP contribution in [0.15, 0.2) is 0 Å². The van der Waals surface area contributed by atoms with Crippen LogP contribution in [0.2, 0.25) is 0 Å². The van der Waals surface area contributed by atoms with Crippen LogP contribution in [-0.2, 0) is 24.0 Å². The maximum absolute atomic E-state index is 12.5. The van der Waals surface area contributed by atoms with Crippen molar-refractivity contribution in [3.05, 3.63) is 0 Å². The van der Waals surface area contributed by atoms with Gasteiger partial charge in [0, 0.05) is 0 Å². The second-order valence-corrected chi connectivity index (χ2v) is 7.41. The van der Waals surface area contributed by atoms with E-state index in [0.29, 0.717) is 5.75 Å². The van der Waals surface area contributed by atoms with Crippen LogP contribution in [0.4, 0.5) is 0 Å². The number of primary amides is 1. The fraction of sp³-hybridized carbons (Fsp3) is 0.688. The smallest absolute Gasteiger partial charge is 0.326 e. The van der Waals surface area contributed by atoms with Crippen LogP contribution in [0.25, 0.3) is 0 Å². The van der Waals surface area contributed by atoms with Gasteiger partial charge in [-0.3, -0.25) is 19.2 Å². The third kappa shape index (κ3) is 9.87. The number of carbonyl (C=O) groups excluding carboxylic acids is 4. The summed E-state index contributed by atoms with van der Waals surface area (Å²) in [6, 6.07) is -5.60. The monoisotopic (exact) mass is 451 g/mol. The highest BCUT2D eigenvalue weighted by Gasteiger charge is 2.31.